The topological polar surface area (TPSA) is 38.0 Å². The van der Waals surface area contributed by atoms with Gasteiger partial charge in [0, 0.05) is 4.88 Å². The summed E-state index contributed by atoms with van der Waals surface area (Å²) in [7, 11) is 0. The van der Waals surface area contributed by atoms with Gasteiger partial charge in [0.05, 0.1) is 9.83 Å². The highest BCUT2D eigenvalue weighted by Crippen LogP contribution is 2.36. The van der Waals surface area contributed by atoms with Crippen LogP contribution in [0.15, 0.2) is 21.5 Å². The van der Waals surface area contributed by atoms with E-state index in [0.29, 0.717) is 0 Å². The Morgan fingerprint density at radius 3 is 2.88 bits per heavy atom. The number of thiophene rings is 1. The van der Waals surface area contributed by atoms with E-state index in [1.165, 1.54) is 51.9 Å². The molecular formula is C13H19BrN2S. The third-order valence-corrected chi connectivity index (χ3v) is 5.48. The van der Waals surface area contributed by atoms with E-state index in [4.69, 9.17) is 5.84 Å². The maximum atomic E-state index is 5.75. The molecule has 0 radical (unpaired) electrons. The van der Waals surface area contributed by atoms with Crippen LogP contribution in [0.25, 0.3) is 0 Å². The molecule has 0 saturated heterocycles. The molecule has 1 aliphatic rings. The second kappa shape index (κ2) is 6.14. The summed E-state index contributed by atoms with van der Waals surface area (Å²) in [6, 6.07) is 2.42. The molecule has 0 bridgehead atoms. The van der Waals surface area contributed by atoms with Crippen LogP contribution in [0.1, 0.15) is 48.6 Å². The van der Waals surface area contributed by atoms with Gasteiger partial charge in [-0.25, -0.2) is 5.43 Å². The van der Waals surface area contributed by atoms with Crippen molar-refractivity contribution in [3.8, 4) is 0 Å². The normalized spacial score (nSPS) is 18.6. The van der Waals surface area contributed by atoms with E-state index >= 15 is 0 Å². The zero-order valence-electron chi connectivity index (χ0n) is 10.1. The van der Waals surface area contributed by atoms with Crippen LogP contribution in [0.4, 0.5) is 0 Å². The molecule has 4 heteroatoms. The van der Waals surface area contributed by atoms with Crippen LogP contribution in [-0.4, -0.2) is 0 Å². The average Bonchev–Trinajstić information content (AvgIpc) is 2.56. The van der Waals surface area contributed by atoms with E-state index in [1.807, 2.05) is 0 Å². The lowest BCUT2D eigenvalue weighted by Gasteiger charge is -2.17. The molecule has 3 N–H and O–H groups in total. The van der Waals surface area contributed by atoms with Crippen molar-refractivity contribution in [3.05, 3.63) is 31.9 Å². The Kier molecular flexibility index (Phi) is 4.79. The lowest BCUT2D eigenvalue weighted by atomic mass is 10.0. The van der Waals surface area contributed by atoms with Crippen molar-refractivity contribution < 1.29 is 0 Å². The minimum Gasteiger partial charge on any atom is -0.271 e. The summed E-state index contributed by atoms with van der Waals surface area (Å²) in [6.07, 6.45) is 8.68. The quantitative estimate of drug-likeness (QED) is 0.498. The zero-order valence-corrected chi connectivity index (χ0v) is 12.5. The van der Waals surface area contributed by atoms with Gasteiger partial charge in [0.15, 0.2) is 0 Å². The van der Waals surface area contributed by atoms with E-state index in [9.17, 15) is 0 Å². The fourth-order valence-electron chi connectivity index (χ4n) is 2.30. The van der Waals surface area contributed by atoms with Gasteiger partial charge in [-0.3, -0.25) is 5.84 Å². The predicted octanol–water partition coefficient (Wildman–Crippen LogP) is 4.21. The molecular weight excluding hydrogens is 296 g/mol. The molecule has 0 spiro atoms. The first kappa shape index (κ1) is 13.3. The lowest BCUT2D eigenvalue weighted by Crippen LogP contribution is -2.28. The van der Waals surface area contributed by atoms with Gasteiger partial charge in [-0.05, 0) is 60.2 Å². The molecule has 1 atom stereocenters. The van der Waals surface area contributed by atoms with Gasteiger partial charge in [0.25, 0.3) is 0 Å². The highest BCUT2D eigenvalue weighted by atomic mass is 79.9. The maximum absolute atomic E-state index is 5.75. The van der Waals surface area contributed by atoms with Crippen LogP contribution >= 0.6 is 27.3 Å². The largest absolute Gasteiger partial charge is 0.271 e. The molecule has 0 aliphatic heterocycles. The van der Waals surface area contributed by atoms with Crippen molar-refractivity contribution in [3.63, 3.8) is 0 Å². The third kappa shape index (κ3) is 3.19. The second-order valence-electron chi connectivity index (χ2n) is 4.58. The highest BCUT2D eigenvalue weighted by Gasteiger charge is 2.19. The Balaban J connectivity index is 2.23. The Morgan fingerprint density at radius 2 is 2.24 bits per heavy atom. The number of nitrogens with two attached hydrogens (primary N) is 1. The number of halogens is 1. The van der Waals surface area contributed by atoms with E-state index < -0.39 is 0 Å². The standard InChI is InChI=1S/C13H19BrN2S/c1-9-8-11(17-13(9)14)12(16-15)10-6-4-2-3-5-7-10/h6,8,12,16H,2-5,7,15H2,1H3. The van der Waals surface area contributed by atoms with Crippen LogP contribution in [0.3, 0.4) is 0 Å². The summed E-state index contributed by atoms with van der Waals surface area (Å²) in [5, 5.41) is 0. The molecule has 1 aromatic rings. The van der Waals surface area contributed by atoms with Gasteiger partial charge in [0.2, 0.25) is 0 Å². The van der Waals surface area contributed by atoms with Gasteiger partial charge in [-0.2, -0.15) is 0 Å². The SMILES string of the molecule is Cc1cc(C(NN)C2=CCCCCC2)sc1Br. The fraction of sp³-hybridized carbons (Fsp3) is 0.538. The van der Waals surface area contributed by atoms with E-state index in [2.05, 4.69) is 40.4 Å². The van der Waals surface area contributed by atoms with Crippen molar-refractivity contribution in [1.29, 1.82) is 0 Å². The molecule has 1 heterocycles. The summed E-state index contributed by atoms with van der Waals surface area (Å²) in [5.74, 6) is 5.75. The summed E-state index contributed by atoms with van der Waals surface area (Å²) in [6.45, 7) is 2.12. The molecule has 0 amide bonds. The molecule has 2 nitrogen and oxygen atoms in total. The minimum absolute atomic E-state index is 0.197. The van der Waals surface area contributed by atoms with E-state index in [1.54, 1.807) is 11.3 Å². The fourth-order valence-corrected chi connectivity index (χ4v) is 3.97. The second-order valence-corrected chi connectivity index (χ2v) is 6.99. The summed E-state index contributed by atoms with van der Waals surface area (Å²) in [5.41, 5.74) is 5.73. The number of hydrazine groups is 1. The predicted molar refractivity (Wildman–Crippen MR) is 78.0 cm³/mol. The van der Waals surface area contributed by atoms with Crippen molar-refractivity contribution >= 4 is 27.3 Å². The molecule has 0 fully saturated rings. The van der Waals surface area contributed by atoms with Crippen molar-refractivity contribution in [2.24, 2.45) is 5.84 Å². The Labute approximate surface area is 115 Å². The molecule has 17 heavy (non-hydrogen) atoms. The molecule has 1 aromatic heterocycles. The first-order valence-electron chi connectivity index (χ1n) is 6.13. The highest BCUT2D eigenvalue weighted by molar-refractivity contribution is 9.11. The van der Waals surface area contributed by atoms with Crippen molar-refractivity contribution in [2.75, 3.05) is 0 Å². The summed E-state index contributed by atoms with van der Waals surface area (Å²) >= 11 is 5.36. The van der Waals surface area contributed by atoms with Crippen LogP contribution < -0.4 is 11.3 Å². The number of hydrogen-bond donors (Lipinski definition) is 2. The maximum Gasteiger partial charge on any atom is 0.0763 e. The van der Waals surface area contributed by atoms with Crippen molar-refractivity contribution in [2.45, 2.75) is 45.1 Å². The molecule has 0 saturated carbocycles. The van der Waals surface area contributed by atoms with Crippen LogP contribution in [0.2, 0.25) is 0 Å². The molecule has 0 aromatic carbocycles. The van der Waals surface area contributed by atoms with Crippen molar-refractivity contribution in [1.82, 2.24) is 5.43 Å². The van der Waals surface area contributed by atoms with Gasteiger partial charge in [0.1, 0.15) is 0 Å². The summed E-state index contributed by atoms with van der Waals surface area (Å²) < 4.78 is 1.21. The minimum atomic E-state index is 0.197. The van der Waals surface area contributed by atoms with Gasteiger partial charge < -0.3 is 0 Å². The van der Waals surface area contributed by atoms with E-state index in [-0.39, 0.29) is 6.04 Å². The van der Waals surface area contributed by atoms with Crippen LogP contribution in [0.5, 0.6) is 0 Å². The van der Waals surface area contributed by atoms with Gasteiger partial charge in [-0.15, -0.1) is 11.3 Å². The first-order valence-corrected chi connectivity index (χ1v) is 7.74. The molecule has 1 aliphatic carbocycles. The Hall–Kier alpha value is -0.160. The molecule has 1 unspecified atom stereocenters. The van der Waals surface area contributed by atoms with E-state index in [0.717, 1.165) is 0 Å². The zero-order chi connectivity index (χ0) is 12.3. The number of rotatable bonds is 3. The van der Waals surface area contributed by atoms with Crippen LogP contribution in [0, 0.1) is 6.92 Å². The molecule has 94 valence electrons. The van der Waals surface area contributed by atoms with Gasteiger partial charge in [-0.1, -0.05) is 18.1 Å². The number of aryl methyl sites for hydroxylation is 1. The van der Waals surface area contributed by atoms with Crippen LogP contribution in [-0.2, 0) is 0 Å². The Bertz CT molecular complexity index is 392. The van der Waals surface area contributed by atoms with Gasteiger partial charge >= 0.3 is 0 Å². The lowest BCUT2D eigenvalue weighted by molar-refractivity contribution is 0.600. The molecule has 2 rings (SSSR count). The number of allylic oxidation sites excluding steroid dienone is 1. The first-order chi connectivity index (χ1) is 8.22. The third-order valence-electron chi connectivity index (χ3n) is 3.27. The average molecular weight is 315 g/mol. The summed E-state index contributed by atoms with van der Waals surface area (Å²) in [4.78, 5) is 1.31. The smallest absolute Gasteiger partial charge is 0.0763 e. The monoisotopic (exact) mass is 314 g/mol. The number of nitrogens with one attached hydrogen (secondary N) is 1. The Morgan fingerprint density at radius 1 is 1.41 bits per heavy atom. The number of hydrogen-bond acceptors (Lipinski definition) is 3.